The number of aryl methyl sites for hydroxylation is 2. The number of anilines is 2. The van der Waals surface area contributed by atoms with Crippen molar-refractivity contribution in [2.24, 2.45) is 5.92 Å². The minimum atomic E-state index is -4.81. The molecule has 0 radical (unpaired) electrons. The number of β-amino-alcohol motifs (C(OH)–C–C–N with tert-alkyl or cyclic N) is 1. The highest BCUT2D eigenvalue weighted by Crippen LogP contribution is 2.41. The van der Waals surface area contributed by atoms with Gasteiger partial charge in [0.2, 0.25) is 5.91 Å². The number of nitriles is 1. The van der Waals surface area contributed by atoms with Gasteiger partial charge in [-0.3, -0.25) is 24.1 Å². The van der Waals surface area contributed by atoms with Gasteiger partial charge in [0, 0.05) is 37.2 Å². The molecule has 15 nitrogen and oxygen atoms in total. The monoisotopic (exact) mass is 1120 g/mol. The van der Waals surface area contributed by atoms with Gasteiger partial charge in [0.1, 0.15) is 36.3 Å². The molecular formula is C59H63F3N6O9S2. The van der Waals surface area contributed by atoms with Crippen LogP contribution in [0.2, 0.25) is 0 Å². The van der Waals surface area contributed by atoms with Gasteiger partial charge >= 0.3 is 6.18 Å². The molecular weight excluding hydrogens is 1060 g/mol. The Morgan fingerprint density at radius 1 is 0.924 bits per heavy atom. The number of ketones is 1. The van der Waals surface area contributed by atoms with Crippen molar-refractivity contribution in [3.63, 3.8) is 0 Å². The van der Waals surface area contributed by atoms with Crippen molar-refractivity contribution in [2.45, 2.75) is 128 Å². The highest BCUT2D eigenvalue weighted by Gasteiger charge is 2.51. The minimum absolute atomic E-state index is 0.0104. The highest BCUT2D eigenvalue weighted by molar-refractivity contribution is 7.81. The molecule has 2 saturated heterocycles. The third-order valence-electron chi connectivity index (χ3n) is 15.2. The molecule has 3 aliphatic heterocycles. The summed E-state index contributed by atoms with van der Waals surface area (Å²) in [5.74, 6) is -0.368. The molecule has 3 amide bonds. The molecule has 1 unspecified atom stereocenters. The van der Waals surface area contributed by atoms with Gasteiger partial charge in [0.25, 0.3) is 11.8 Å². The summed E-state index contributed by atoms with van der Waals surface area (Å²) in [5, 5.41) is 20.1. The first-order valence-corrected chi connectivity index (χ1v) is 27.9. The fourth-order valence-electron chi connectivity index (χ4n) is 11.2. The van der Waals surface area contributed by atoms with Gasteiger partial charge in [-0.15, -0.1) is 11.3 Å². The number of alkyl halides is 3. The third-order valence-corrected chi connectivity index (χ3v) is 16.5. The molecule has 4 heterocycles. The van der Waals surface area contributed by atoms with E-state index in [0.717, 1.165) is 70.0 Å². The van der Waals surface area contributed by atoms with Gasteiger partial charge in [-0.25, -0.2) is 4.98 Å². The van der Waals surface area contributed by atoms with Crippen LogP contribution >= 0.6 is 23.6 Å². The maximum atomic E-state index is 14.4. The minimum Gasteiger partial charge on any atom is -0.491 e. The molecule has 5 aromatic rings. The van der Waals surface area contributed by atoms with Gasteiger partial charge < -0.3 is 38.8 Å². The van der Waals surface area contributed by atoms with Gasteiger partial charge in [-0.05, 0) is 129 Å². The van der Waals surface area contributed by atoms with E-state index in [9.17, 15) is 42.7 Å². The lowest BCUT2D eigenvalue weighted by Crippen LogP contribution is -2.54. The molecule has 0 bridgehead atoms. The summed E-state index contributed by atoms with van der Waals surface area (Å²) >= 11 is 7.21. The second-order valence-corrected chi connectivity index (χ2v) is 22.4. The molecule has 4 aliphatic rings. The zero-order valence-corrected chi connectivity index (χ0v) is 46.3. The number of ether oxygens (including phenoxy) is 4. The van der Waals surface area contributed by atoms with Crippen LogP contribution in [-0.2, 0) is 43.0 Å². The smallest absolute Gasteiger partial charge is 0.417 e. The molecule has 3 fully saturated rings. The highest BCUT2D eigenvalue weighted by atomic mass is 32.1. The van der Waals surface area contributed by atoms with Crippen LogP contribution < -0.4 is 19.3 Å². The Morgan fingerprint density at radius 2 is 1.61 bits per heavy atom. The predicted molar refractivity (Wildman–Crippen MR) is 295 cm³/mol. The van der Waals surface area contributed by atoms with Crippen LogP contribution in [0, 0.1) is 24.2 Å². The van der Waals surface area contributed by atoms with E-state index in [-0.39, 0.29) is 92.3 Å². The number of thiazole rings is 1. The Kier molecular flexibility index (Phi) is 17.2. The number of rotatable bonds is 20. The number of Topliss-reactive ketones (excluding diaryl/α,β-unsaturated/α-hetero) is 1. The molecule has 9 rings (SSSR count). The number of hydrogen-bond donors (Lipinski definition) is 1. The first-order chi connectivity index (χ1) is 37.8. The number of aliphatic hydroxyl groups is 1. The van der Waals surface area contributed by atoms with Crippen molar-refractivity contribution < 1.29 is 56.4 Å². The standard InChI is InChI=1S/C59H63F3N6O9S2/c1-35(2)52(66-32-40-10-6-7-11-45(40)54(66)71)55(72)65-33-43(69)30-47(65)48(70)23-17-37-14-15-38(53-36(3)64-34-79-53)28-51(37)77-27-26-76-50-13-9-8-12-49(50)75-25-24-74-44-21-19-41(20-22-44)68-57(78)67(56(73)58(68,4)5)42-18-16-39(31-63)46(29-42)59(60,61)62/h6-7,10-11,14-16,18-22,28-29,34-35,43,47,49-50,52,69H,8-9,12-13,17,23-27,30,32-33H2,1-5H3/t43-,47?,49+,50-,52+/m1/s1. The first-order valence-electron chi connectivity index (χ1n) is 26.6. The number of carbonyl (C=O) groups excluding carboxylic acids is 4. The molecule has 1 aromatic heterocycles. The van der Waals surface area contributed by atoms with Crippen LogP contribution in [0.25, 0.3) is 10.4 Å². The molecule has 4 aromatic carbocycles. The summed E-state index contributed by atoms with van der Waals surface area (Å²) in [5.41, 5.74) is 3.31. The topological polar surface area (TPSA) is 175 Å². The van der Waals surface area contributed by atoms with Crippen molar-refractivity contribution in [3.05, 3.63) is 124 Å². The number of thiocarbonyl (C=S) groups is 1. The van der Waals surface area contributed by atoms with Crippen LogP contribution in [0.3, 0.4) is 0 Å². The third kappa shape index (κ3) is 12.1. The van der Waals surface area contributed by atoms with Gasteiger partial charge in [-0.1, -0.05) is 57.0 Å². The second kappa shape index (κ2) is 23.9. The summed E-state index contributed by atoms with van der Waals surface area (Å²) in [4.78, 5) is 66.9. The zero-order valence-electron chi connectivity index (χ0n) is 44.7. The van der Waals surface area contributed by atoms with E-state index in [1.54, 1.807) is 71.6 Å². The number of nitrogens with zero attached hydrogens (tertiary/aromatic N) is 6. The van der Waals surface area contributed by atoms with Crippen molar-refractivity contribution >= 4 is 63.5 Å². The average molecular weight is 1120 g/mol. The fourth-order valence-corrected chi connectivity index (χ4v) is 12.5. The van der Waals surface area contributed by atoms with Crippen molar-refractivity contribution in [2.75, 3.05) is 42.8 Å². The lowest BCUT2D eigenvalue weighted by molar-refractivity contribution is -0.142. The summed E-state index contributed by atoms with van der Waals surface area (Å²) < 4.78 is 66.7. The van der Waals surface area contributed by atoms with E-state index < -0.39 is 46.9 Å². The molecule has 20 heteroatoms. The zero-order chi connectivity index (χ0) is 56.3. The Balaban J connectivity index is 0.779. The van der Waals surface area contributed by atoms with E-state index >= 15 is 0 Å². The number of carbonyl (C=O) groups is 4. The average Bonchev–Trinajstić information content (AvgIpc) is 4.32. The molecule has 79 heavy (non-hydrogen) atoms. The van der Waals surface area contributed by atoms with Crippen LogP contribution in [0.15, 0.2) is 90.4 Å². The van der Waals surface area contributed by atoms with Gasteiger partial charge in [0.05, 0.1) is 76.5 Å². The quantitative estimate of drug-likeness (QED) is 0.0577. The molecule has 416 valence electrons. The van der Waals surface area contributed by atoms with Crippen LogP contribution in [0.4, 0.5) is 24.5 Å². The van der Waals surface area contributed by atoms with Crippen LogP contribution in [0.5, 0.6) is 11.5 Å². The van der Waals surface area contributed by atoms with Crippen LogP contribution in [0.1, 0.15) is 105 Å². The maximum Gasteiger partial charge on any atom is 0.417 e. The molecule has 1 N–H and O–H groups in total. The van der Waals surface area contributed by atoms with E-state index in [0.29, 0.717) is 35.7 Å². The molecule has 5 atom stereocenters. The van der Waals surface area contributed by atoms with Crippen LogP contribution in [-0.4, -0.2) is 117 Å². The first kappa shape index (κ1) is 56.9. The molecule has 0 spiro atoms. The van der Waals surface area contributed by atoms with E-state index in [2.05, 4.69) is 4.98 Å². The SMILES string of the molecule is Cc1ncsc1-c1ccc(CCC(=O)C2C[C@@H](O)CN2C(=O)[C@H](C(C)C)N2Cc3ccccc3C2=O)c(OCCO[C@@H]2CCCC[C@@H]2OCCOc2ccc(N3C(=S)N(c4ccc(C#N)c(C(F)(F)F)c4)C(=O)C3(C)C)cc2)c1. The summed E-state index contributed by atoms with van der Waals surface area (Å²) in [6.07, 6.45) is -1.93. The Morgan fingerprint density at radius 3 is 2.25 bits per heavy atom. The lowest BCUT2D eigenvalue weighted by Gasteiger charge is -2.35. The number of halogens is 3. The number of hydrogen-bond acceptors (Lipinski definition) is 13. The molecule has 1 saturated carbocycles. The number of aliphatic hydroxyl groups excluding tert-OH is 1. The van der Waals surface area contributed by atoms with E-state index in [1.165, 1.54) is 22.3 Å². The normalized spacial score (nSPS) is 20.5. The lowest BCUT2D eigenvalue weighted by atomic mass is 9.94. The van der Waals surface area contributed by atoms with Crippen molar-refractivity contribution in [1.82, 2.24) is 14.8 Å². The number of benzene rings is 4. The Hall–Kier alpha value is -6.76. The number of aromatic nitrogens is 1. The van der Waals surface area contributed by atoms with Crippen molar-refractivity contribution in [3.8, 4) is 28.0 Å². The van der Waals surface area contributed by atoms with E-state index in [4.69, 9.17) is 31.2 Å². The summed E-state index contributed by atoms with van der Waals surface area (Å²) in [6, 6.07) is 23.1. The fraction of sp³-hybridized carbons (Fsp3) is 0.441. The van der Waals surface area contributed by atoms with Gasteiger partial charge in [-0.2, -0.15) is 18.4 Å². The maximum absolute atomic E-state index is 14.4. The van der Waals surface area contributed by atoms with E-state index in [1.807, 2.05) is 51.1 Å². The van der Waals surface area contributed by atoms with Crippen molar-refractivity contribution in [1.29, 1.82) is 5.26 Å². The number of fused-ring (bicyclic) bond motifs is 1. The predicted octanol–water partition coefficient (Wildman–Crippen LogP) is 9.87. The largest absolute Gasteiger partial charge is 0.491 e. The summed E-state index contributed by atoms with van der Waals surface area (Å²) in [7, 11) is 0. The number of likely N-dealkylation sites (tertiary alicyclic amines) is 1. The number of amides is 3. The second-order valence-electron chi connectivity index (χ2n) is 21.2. The van der Waals surface area contributed by atoms with Gasteiger partial charge in [0.15, 0.2) is 10.9 Å². The Bertz CT molecular complexity index is 3140. The Labute approximate surface area is 466 Å². The summed E-state index contributed by atoms with van der Waals surface area (Å²) in [6.45, 7) is 10.3. The molecule has 1 aliphatic carbocycles.